The van der Waals surface area contributed by atoms with E-state index in [1.54, 1.807) is 23.1 Å². The summed E-state index contributed by atoms with van der Waals surface area (Å²) in [4.78, 5) is 30.1. The van der Waals surface area contributed by atoms with E-state index >= 15 is 0 Å². The molecule has 0 N–H and O–H groups in total. The van der Waals surface area contributed by atoms with Crippen molar-refractivity contribution < 1.29 is 14.3 Å². The van der Waals surface area contributed by atoms with Crippen LogP contribution in [0.2, 0.25) is 0 Å². The predicted molar refractivity (Wildman–Crippen MR) is 113 cm³/mol. The monoisotopic (exact) mass is 382 g/mol. The van der Waals surface area contributed by atoms with Gasteiger partial charge >= 0.3 is 0 Å². The molecule has 1 aromatic heterocycles. The summed E-state index contributed by atoms with van der Waals surface area (Å²) in [6.07, 6.45) is 0.688. The molecule has 0 radical (unpaired) electrons. The van der Waals surface area contributed by atoms with Crippen molar-refractivity contribution in [2.75, 3.05) is 11.5 Å². The van der Waals surface area contributed by atoms with E-state index in [4.69, 9.17) is 4.74 Å². The molecule has 0 saturated heterocycles. The fourth-order valence-corrected chi connectivity index (χ4v) is 3.11. The Morgan fingerprint density at radius 3 is 2.10 bits per heavy atom. The lowest BCUT2D eigenvalue weighted by Gasteiger charge is -2.23. The van der Waals surface area contributed by atoms with Gasteiger partial charge in [0.25, 0.3) is 5.91 Å². The molecule has 0 spiro atoms. The molecule has 0 bridgehead atoms. The number of nitrogens with zero attached hydrogens (tertiary/aromatic N) is 2. The van der Waals surface area contributed by atoms with Gasteiger partial charge in [0.15, 0.2) is 12.9 Å². The molecule has 142 valence electrons. The number of rotatable bonds is 6. The third-order valence-electron chi connectivity index (χ3n) is 4.45. The van der Waals surface area contributed by atoms with Crippen LogP contribution in [0.25, 0.3) is 10.9 Å². The highest BCUT2D eigenvalue weighted by Gasteiger charge is 2.19. The lowest BCUT2D eigenvalue weighted by molar-refractivity contribution is -0.119. The highest BCUT2D eigenvalue weighted by molar-refractivity contribution is 6.01. The molecule has 29 heavy (non-hydrogen) atoms. The second-order valence-corrected chi connectivity index (χ2v) is 6.37. The zero-order chi connectivity index (χ0) is 20.1. The molecule has 1 heterocycles. The van der Waals surface area contributed by atoms with E-state index in [2.05, 4.69) is 4.98 Å². The number of fused-ring (bicyclic) bond motifs is 1. The van der Waals surface area contributed by atoms with Crippen molar-refractivity contribution in [1.29, 1.82) is 0 Å². The van der Waals surface area contributed by atoms with Crippen molar-refractivity contribution in [2.45, 2.75) is 0 Å². The fourth-order valence-electron chi connectivity index (χ4n) is 3.11. The second-order valence-electron chi connectivity index (χ2n) is 6.37. The molecule has 4 rings (SSSR count). The molecule has 5 nitrogen and oxygen atoms in total. The summed E-state index contributed by atoms with van der Waals surface area (Å²) in [5.74, 6) is 0.242. The Kier molecular flexibility index (Phi) is 5.29. The molecular weight excluding hydrogens is 364 g/mol. The highest BCUT2D eigenvalue weighted by Crippen LogP contribution is 2.27. The van der Waals surface area contributed by atoms with Crippen LogP contribution >= 0.6 is 0 Å². The van der Waals surface area contributed by atoms with Crippen LogP contribution in [0.4, 0.5) is 11.4 Å². The van der Waals surface area contributed by atoms with Crippen molar-refractivity contribution in [2.24, 2.45) is 0 Å². The Balaban J connectivity index is 1.62. The molecular formula is C24H18N2O3. The van der Waals surface area contributed by atoms with E-state index in [9.17, 15) is 9.59 Å². The average Bonchev–Trinajstić information content (AvgIpc) is 2.79. The van der Waals surface area contributed by atoms with Crippen LogP contribution in [0.15, 0.2) is 91.0 Å². The number of carbonyl (C=O) groups excluding carboxylic acids is 2. The molecule has 0 saturated carbocycles. The van der Waals surface area contributed by atoms with E-state index in [0.717, 1.165) is 16.8 Å². The number of pyridine rings is 1. The van der Waals surface area contributed by atoms with E-state index in [1.165, 1.54) is 0 Å². The topological polar surface area (TPSA) is 59.5 Å². The van der Waals surface area contributed by atoms with E-state index in [-0.39, 0.29) is 12.5 Å². The Hall–Kier alpha value is -3.99. The molecule has 0 unspecified atom stereocenters. The Morgan fingerprint density at radius 1 is 0.828 bits per heavy atom. The number of para-hydroxylation sites is 3. The van der Waals surface area contributed by atoms with Gasteiger partial charge in [-0.3, -0.25) is 14.5 Å². The highest BCUT2D eigenvalue weighted by atomic mass is 16.5. The number of aromatic nitrogens is 1. The van der Waals surface area contributed by atoms with E-state index < -0.39 is 0 Å². The standard InChI is InChI=1S/C24H18N2O3/c27-16-19-15-14-18-8-7-13-22(24(18)25-19)29-17-23(28)26(20-9-3-1-4-10-20)21-11-5-2-6-12-21/h1-16H,17H2. The van der Waals surface area contributed by atoms with Gasteiger partial charge in [-0.1, -0.05) is 54.6 Å². The van der Waals surface area contributed by atoms with Gasteiger partial charge in [0, 0.05) is 16.8 Å². The van der Waals surface area contributed by atoms with E-state index in [1.807, 2.05) is 72.8 Å². The van der Waals surface area contributed by atoms with Crippen molar-refractivity contribution >= 4 is 34.5 Å². The Bertz CT molecular complexity index is 1110. The van der Waals surface area contributed by atoms with Crippen molar-refractivity contribution in [3.05, 3.63) is 96.7 Å². The molecule has 0 aliphatic rings. The molecule has 0 aliphatic carbocycles. The summed E-state index contributed by atoms with van der Waals surface area (Å²) in [6, 6.07) is 27.8. The lowest BCUT2D eigenvalue weighted by Crippen LogP contribution is -2.30. The Labute approximate surface area is 168 Å². The van der Waals surface area contributed by atoms with Crippen LogP contribution in [-0.4, -0.2) is 23.8 Å². The molecule has 0 fully saturated rings. The SMILES string of the molecule is O=Cc1ccc2cccc(OCC(=O)N(c3ccccc3)c3ccccc3)c2n1. The van der Waals surface area contributed by atoms with Gasteiger partial charge in [-0.2, -0.15) is 0 Å². The zero-order valence-electron chi connectivity index (χ0n) is 15.6. The minimum Gasteiger partial charge on any atom is -0.481 e. The normalized spacial score (nSPS) is 10.5. The van der Waals surface area contributed by atoms with Crippen LogP contribution in [-0.2, 0) is 4.79 Å². The third kappa shape index (κ3) is 3.99. The summed E-state index contributed by atoms with van der Waals surface area (Å²) in [5.41, 5.74) is 2.38. The number of hydrogen-bond donors (Lipinski definition) is 0. The van der Waals surface area contributed by atoms with E-state index in [0.29, 0.717) is 23.2 Å². The zero-order valence-corrected chi connectivity index (χ0v) is 15.6. The van der Waals surface area contributed by atoms with Gasteiger partial charge in [-0.25, -0.2) is 4.98 Å². The molecule has 5 heteroatoms. The first-order chi connectivity index (χ1) is 14.3. The number of aldehydes is 1. The van der Waals surface area contributed by atoms with Crippen LogP contribution in [0.3, 0.4) is 0 Å². The average molecular weight is 382 g/mol. The maximum absolute atomic E-state index is 13.1. The number of anilines is 2. The summed E-state index contributed by atoms with van der Waals surface area (Å²) in [5, 5.41) is 0.837. The van der Waals surface area contributed by atoms with Crippen LogP contribution < -0.4 is 9.64 Å². The van der Waals surface area contributed by atoms with Crippen LogP contribution in [0, 0.1) is 0 Å². The molecule has 0 aliphatic heterocycles. The van der Waals surface area contributed by atoms with Crippen molar-refractivity contribution in [1.82, 2.24) is 4.98 Å². The van der Waals surface area contributed by atoms with Crippen LogP contribution in [0.1, 0.15) is 10.5 Å². The van der Waals surface area contributed by atoms with Gasteiger partial charge in [-0.05, 0) is 36.4 Å². The van der Waals surface area contributed by atoms with Gasteiger partial charge < -0.3 is 4.74 Å². The van der Waals surface area contributed by atoms with Gasteiger partial charge in [0.05, 0.1) is 0 Å². The number of benzene rings is 3. The fraction of sp³-hybridized carbons (Fsp3) is 0.0417. The number of ether oxygens (including phenoxy) is 1. The van der Waals surface area contributed by atoms with Gasteiger partial charge in [0.1, 0.15) is 17.0 Å². The number of amides is 1. The van der Waals surface area contributed by atoms with Crippen molar-refractivity contribution in [3.8, 4) is 5.75 Å². The number of hydrogen-bond acceptors (Lipinski definition) is 4. The minimum atomic E-state index is -0.217. The molecule has 0 atom stereocenters. The summed E-state index contributed by atoms with van der Waals surface area (Å²) in [6.45, 7) is -0.171. The maximum Gasteiger partial charge on any atom is 0.269 e. The third-order valence-corrected chi connectivity index (χ3v) is 4.45. The predicted octanol–water partition coefficient (Wildman–Crippen LogP) is 4.79. The lowest BCUT2D eigenvalue weighted by atomic mass is 10.2. The maximum atomic E-state index is 13.1. The largest absolute Gasteiger partial charge is 0.481 e. The summed E-state index contributed by atoms with van der Waals surface area (Å²) >= 11 is 0. The van der Waals surface area contributed by atoms with Crippen LogP contribution in [0.5, 0.6) is 5.75 Å². The van der Waals surface area contributed by atoms with Gasteiger partial charge in [0.2, 0.25) is 0 Å². The molecule has 1 amide bonds. The molecule has 3 aromatic carbocycles. The van der Waals surface area contributed by atoms with Gasteiger partial charge in [-0.15, -0.1) is 0 Å². The summed E-state index contributed by atoms with van der Waals surface area (Å²) < 4.78 is 5.83. The smallest absolute Gasteiger partial charge is 0.269 e. The minimum absolute atomic E-state index is 0.171. The Morgan fingerprint density at radius 2 is 1.48 bits per heavy atom. The quantitative estimate of drug-likeness (QED) is 0.450. The first-order valence-corrected chi connectivity index (χ1v) is 9.17. The molecule has 4 aromatic rings. The summed E-state index contributed by atoms with van der Waals surface area (Å²) in [7, 11) is 0. The number of carbonyl (C=O) groups is 2. The second kappa shape index (κ2) is 8.35. The first kappa shape index (κ1) is 18.4. The first-order valence-electron chi connectivity index (χ1n) is 9.17. The van der Waals surface area contributed by atoms with Crippen molar-refractivity contribution in [3.63, 3.8) is 0 Å².